The number of hydrogen-bond acceptors (Lipinski definition) is 4. The van der Waals surface area contributed by atoms with Crippen LogP contribution in [-0.2, 0) is 11.0 Å². The second kappa shape index (κ2) is 8.28. The molecule has 0 bridgehead atoms. The first kappa shape index (κ1) is 20.3. The fourth-order valence-corrected chi connectivity index (χ4v) is 3.48. The average molecular weight is 428 g/mol. The number of carbonyl (C=O) groups is 2. The van der Waals surface area contributed by atoms with Gasteiger partial charge in [-0.3, -0.25) is 14.5 Å². The summed E-state index contributed by atoms with van der Waals surface area (Å²) < 4.78 is 44.8. The van der Waals surface area contributed by atoms with E-state index in [2.05, 4.69) is 0 Å². The highest BCUT2D eigenvalue weighted by Crippen LogP contribution is 2.36. The Hall–Kier alpha value is -2.45. The zero-order valence-electron chi connectivity index (χ0n) is 14.2. The van der Waals surface area contributed by atoms with Gasteiger partial charge in [-0.25, -0.2) is 0 Å². The molecular weight excluding hydrogens is 415 g/mol. The van der Waals surface area contributed by atoms with E-state index in [-0.39, 0.29) is 23.6 Å². The lowest BCUT2D eigenvalue weighted by molar-refractivity contribution is -0.137. The summed E-state index contributed by atoms with van der Waals surface area (Å²) in [6.07, 6.45) is -3.47. The van der Waals surface area contributed by atoms with Gasteiger partial charge < -0.3 is 4.74 Å². The molecule has 0 spiro atoms. The van der Waals surface area contributed by atoms with Crippen LogP contribution in [0.1, 0.15) is 11.1 Å². The Bertz CT molecular complexity index is 929. The van der Waals surface area contributed by atoms with Crippen molar-refractivity contribution < 1.29 is 27.5 Å². The summed E-state index contributed by atoms with van der Waals surface area (Å²) in [5, 5.41) is -0.0111. The highest BCUT2D eigenvalue weighted by atomic mass is 35.5. The van der Waals surface area contributed by atoms with E-state index in [1.165, 1.54) is 18.2 Å². The van der Waals surface area contributed by atoms with Crippen molar-refractivity contribution in [2.75, 3.05) is 13.2 Å². The van der Waals surface area contributed by atoms with Crippen LogP contribution in [0, 0.1) is 0 Å². The normalized spacial score (nSPS) is 16.1. The smallest absolute Gasteiger partial charge is 0.416 e. The summed E-state index contributed by atoms with van der Waals surface area (Å²) in [5.41, 5.74) is -1.04. The minimum atomic E-state index is -4.56. The zero-order valence-corrected chi connectivity index (χ0v) is 15.8. The topological polar surface area (TPSA) is 46.6 Å². The summed E-state index contributed by atoms with van der Waals surface area (Å²) in [6.45, 7) is 0.0254. The Morgan fingerprint density at radius 1 is 1.07 bits per heavy atom. The molecule has 0 atom stereocenters. The molecule has 1 aliphatic heterocycles. The Morgan fingerprint density at radius 2 is 1.75 bits per heavy atom. The third kappa shape index (κ3) is 4.69. The fraction of sp³-hybridized carbons (Fsp3) is 0.158. The van der Waals surface area contributed by atoms with Crippen molar-refractivity contribution in [1.82, 2.24) is 4.90 Å². The lowest BCUT2D eigenvalue weighted by atomic mass is 10.1. The fourth-order valence-electron chi connectivity index (χ4n) is 2.50. The van der Waals surface area contributed by atoms with Crippen molar-refractivity contribution in [3.8, 4) is 5.75 Å². The van der Waals surface area contributed by atoms with Gasteiger partial charge in [0.2, 0.25) is 0 Å². The molecule has 4 nitrogen and oxygen atoms in total. The third-order valence-electron chi connectivity index (χ3n) is 3.82. The molecular formula is C19H13ClF3NO3S. The molecule has 3 rings (SSSR count). The standard InChI is InChI=1S/C19H13ClF3NO3S/c20-13-5-7-14(8-6-13)27-10-9-24-17(25)16(28-18(24)26)11-12-3-1-2-4-15(12)19(21,22)23/h1-8,11H,9-10H2/b16-11-. The number of thioether (sulfide) groups is 1. The number of benzene rings is 2. The maximum absolute atomic E-state index is 13.1. The van der Waals surface area contributed by atoms with Crippen molar-refractivity contribution in [2.45, 2.75) is 6.18 Å². The molecule has 0 saturated carbocycles. The van der Waals surface area contributed by atoms with Crippen molar-refractivity contribution in [3.05, 3.63) is 69.6 Å². The molecule has 28 heavy (non-hydrogen) atoms. The first-order chi connectivity index (χ1) is 13.3. The van der Waals surface area contributed by atoms with Crippen molar-refractivity contribution in [1.29, 1.82) is 0 Å². The Kier molecular flexibility index (Phi) is 6.00. The van der Waals surface area contributed by atoms with Gasteiger partial charge in [-0.2, -0.15) is 13.2 Å². The molecule has 1 fully saturated rings. The summed E-state index contributed by atoms with van der Waals surface area (Å²) in [4.78, 5) is 25.4. The molecule has 0 radical (unpaired) electrons. The molecule has 1 saturated heterocycles. The molecule has 0 unspecified atom stereocenters. The molecule has 2 aromatic rings. The van der Waals surface area contributed by atoms with Gasteiger partial charge in [0.1, 0.15) is 12.4 Å². The molecule has 146 valence electrons. The minimum absolute atomic E-state index is 0.0223. The highest BCUT2D eigenvalue weighted by molar-refractivity contribution is 8.18. The van der Waals surface area contributed by atoms with E-state index in [1.807, 2.05) is 0 Å². The van der Waals surface area contributed by atoms with E-state index in [0.717, 1.165) is 17.0 Å². The van der Waals surface area contributed by atoms with E-state index in [1.54, 1.807) is 24.3 Å². The number of halogens is 4. The van der Waals surface area contributed by atoms with Gasteiger partial charge in [-0.1, -0.05) is 29.8 Å². The van der Waals surface area contributed by atoms with Gasteiger partial charge in [0.25, 0.3) is 11.1 Å². The summed E-state index contributed by atoms with van der Waals surface area (Å²) >= 11 is 6.38. The lowest BCUT2D eigenvalue weighted by Gasteiger charge is -2.13. The van der Waals surface area contributed by atoms with Gasteiger partial charge >= 0.3 is 6.18 Å². The van der Waals surface area contributed by atoms with Crippen LogP contribution in [0.2, 0.25) is 5.02 Å². The zero-order chi connectivity index (χ0) is 20.3. The molecule has 1 heterocycles. The van der Waals surface area contributed by atoms with Gasteiger partial charge in [0.05, 0.1) is 17.0 Å². The molecule has 2 aromatic carbocycles. The van der Waals surface area contributed by atoms with Crippen LogP contribution in [0.5, 0.6) is 5.75 Å². The van der Waals surface area contributed by atoms with E-state index < -0.39 is 22.9 Å². The van der Waals surface area contributed by atoms with Crippen LogP contribution in [0.15, 0.2) is 53.4 Å². The summed E-state index contributed by atoms with van der Waals surface area (Å²) in [6, 6.07) is 11.4. The van der Waals surface area contributed by atoms with Gasteiger partial charge in [-0.05, 0) is 53.7 Å². The largest absolute Gasteiger partial charge is 0.492 e. The summed E-state index contributed by atoms with van der Waals surface area (Å²) in [7, 11) is 0. The molecule has 0 aromatic heterocycles. The minimum Gasteiger partial charge on any atom is -0.492 e. The van der Waals surface area contributed by atoms with Gasteiger partial charge in [0.15, 0.2) is 0 Å². The maximum Gasteiger partial charge on any atom is 0.416 e. The quantitative estimate of drug-likeness (QED) is 0.593. The Morgan fingerprint density at radius 3 is 2.43 bits per heavy atom. The van der Waals surface area contributed by atoms with Crippen LogP contribution >= 0.6 is 23.4 Å². The Balaban J connectivity index is 1.70. The molecule has 2 amide bonds. The van der Waals surface area contributed by atoms with E-state index in [0.29, 0.717) is 22.5 Å². The predicted molar refractivity (Wildman–Crippen MR) is 101 cm³/mol. The number of alkyl halides is 3. The number of ether oxygens (including phenoxy) is 1. The van der Waals surface area contributed by atoms with Crippen LogP contribution in [-0.4, -0.2) is 29.2 Å². The van der Waals surface area contributed by atoms with Crippen molar-refractivity contribution in [3.63, 3.8) is 0 Å². The SMILES string of the molecule is O=C1S/C(=C\c2ccccc2C(F)(F)F)C(=O)N1CCOc1ccc(Cl)cc1. The molecule has 9 heteroatoms. The van der Waals surface area contributed by atoms with Crippen LogP contribution < -0.4 is 4.74 Å². The first-order valence-electron chi connectivity index (χ1n) is 8.05. The number of nitrogens with zero attached hydrogens (tertiary/aromatic N) is 1. The van der Waals surface area contributed by atoms with Crippen molar-refractivity contribution >= 4 is 40.6 Å². The van der Waals surface area contributed by atoms with Crippen LogP contribution in [0.3, 0.4) is 0 Å². The lowest BCUT2D eigenvalue weighted by Crippen LogP contribution is -2.32. The van der Waals surface area contributed by atoms with E-state index in [4.69, 9.17) is 16.3 Å². The average Bonchev–Trinajstić information content (AvgIpc) is 2.90. The van der Waals surface area contributed by atoms with Crippen molar-refractivity contribution in [2.24, 2.45) is 0 Å². The van der Waals surface area contributed by atoms with Gasteiger partial charge in [-0.15, -0.1) is 0 Å². The number of hydrogen-bond donors (Lipinski definition) is 0. The number of amides is 2. The highest BCUT2D eigenvalue weighted by Gasteiger charge is 2.37. The van der Waals surface area contributed by atoms with Crippen LogP contribution in [0.25, 0.3) is 6.08 Å². The second-order valence-electron chi connectivity index (χ2n) is 5.72. The summed E-state index contributed by atoms with van der Waals surface area (Å²) in [5.74, 6) is -0.127. The third-order valence-corrected chi connectivity index (χ3v) is 4.98. The molecule has 1 aliphatic rings. The number of imide groups is 1. The maximum atomic E-state index is 13.1. The second-order valence-corrected chi connectivity index (χ2v) is 7.15. The monoisotopic (exact) mass is 427 g/mol. The van der Waals surface area contributed by atoms with Crippen LogP contribution in [0.4, 0.5) is 18.0 Å². The van der Waals surface area contributed by atoms with E-state index in [9.17, 15) is 22.8 Å². The molecule has 0 N–H and O–H groups in total. The predicted octanol–water partition coefficient (Wildman–Crippen LogP) is 5.47. The Labute approximate surface area is 167 Å². The van der Waals surface area contributed by atoms with Gasteiger partial charge in [0, 0.05) is 5.02 Å². The molecule has 0 aliphatic carbocycles. The number of carbonyl (C=O) groups excluding carboxylic acids is 2. The van der Waals surface area contributed by atoms with E-state index >= 15 is 0 Å². The first-order valence-corrected chi connectivity index (χ1v) is 9.25. The number of rotatable bonds is 5.